The Morgan fingerprint density at radius 2 is 2.06 bits per heavy atom. The zero-order valence-electron chi connectivity index (χ0n) is 20.4. The van der Waals surface area contributed by atoms with Crippen LogP contribution in [0.5, 0.6) is 5.75 Å². The number of carbonyl (C=O) groups is 1. The Bertz CT molecular complexity index is 1180. The number of nitrogens with one attached hydrogen (secondary N) is 1. The minimum atomic E-state index is -0.825. The molecular weight excluding hydrogens is 456 g/mol. The lowest BCUT2D eigenvalue weighted by Crippen LogP contribution is -2.38. The molecule has 9 nitrogen and oxygen atoms in total. The van der Waals surface area contributed by atoms with E-state index < -0.39 is 12.0 Å². The second-order valence-electron chi connectivity index (χ2n) is 8.98. The van der Waals surface area contributed by atoms with Gasteiger partial charge in [0.05, 0.1) is 24.7 Å². The molecule has 3 rings (SSSR count). The van der Waals surface area contributed by atoms with Crippen molar-refractivity contribution in [2.24, 2.45) is 5.92 Å². The molecule has 0 bridgehead atoms. The molecule has 0 aliphatic rings. The summed E-state index contributed by atoms with van der Waals surface area (Å²) in [4.78, 5) is 24.7. The van der Waals surface area contributed by atoms with Crippen LogP contribution in [0.4, 0.5) is 5.95 Å². The largest absolute Gasteiger partial charge is 0.496 e. The molecule has 3 aromatic heterocycles. The van der Waals surface area contributed by atoms with Gasteiger partial charge in [-0.3, -0.25) is 9.78 Å². The number of rotatable bonds is 11. The number of carboxylic acid groups (broad SMARTS) is 1. The second-order valence-corrected chi connectivity index (χ2v) is 9.34. The molecule has 184 valence electrons. The van der Waals surface area contributed by atoms with Gasteiger partial charge >= 0.3 is 5.97 Å². The SMILES string of the molecule is COc1c(C)cnc(Cn2cc(CCCN[C@@H](CC(C)C)C(=O)O)c3c(Cl)nc(N)nc32)c1C. The molecule has 0 amide bonds. The minimum absolute atomic E-state index is 0.106. The maximum absolute atomic E-state index is 11.5. The van der Waals surface area contributed by atoms with Crippen LogP contribution in [-0.2, 0) is 17.8 Å². The summed E-state index contributed by atoms with van der Waals surface area (Å²) >= 11 is 6.47. The normalized spacial score (nSPS) is 12.4. The van der Waals surface area contributed by atoms with Gasteiger partial charge in [0, 0.05) is 23.5 Å². The van der Waals surface area contributed by atoms with Crippen molar-refractivity contribution < 1.29 is 14.6 Å². The number of nitrogens with two attached hydrogens (primary N) is 1. The summed E-state index contributed by atoms with van der Waals surface area (Å²) < 4.78 is 7.52. The first-order chi connectivity index (χ1) is 16.1. The van der Waals surface area contributed by atoms with Crippen LogP contribution in [0.1, 0.15) is 49.1 Å². The molecule has 3 heterocycles. The molecule has 0 unspecified atom stereocenters. The first kappa shape index (κ1) is 25.7. The third kappa shape index (κ3) is 5.77. The van der Waals surface area contributed by atoms with Gasteiger partial charge in [0.25, 0.3) is 0 Å². The van der Waals surface area contributed by atoms with Gasteiger partial charge in [0.2, 0.25) is 5.95 Å². The molecule has 1 atom stereocenters. The number of aromatic nitrogens is 4. The van der Waals surface area contributed by atoms with Crippen LogP contribution >= 0.6 is 11.6 Å². The lowest BCUT2D eigenvalue weighted by molar-refractivity contribution is -0.139. The van der Waals surface area contributed by atoms with Gasteiger partial charge in [0.1, 0.15) is 22.6 Å². The monoisotopic (exact) mass is 488 g/mol. The third-order valence-corrected chi connectivity index (χ3v) is 6.13. The smallest absolute Gasteiger partial charge is 0.320 e. The molecule has 0 spiro atoms. The van der Waals surface area contributed by atoms with Crippen molar-refractivity contribution in [3.8, 4) is 5.75 Å². The lowest BCUT2D eigenvalue weighted by atomic mass is 10.0. The number of methoxy groups -OCH3 is 1. The lowest BCUT2D eigenvalue weighted by Gasteiger charge is -2.16. The van der Waals surface area contributed by atoms with Gasteiger partial charge in [0.15, 0.2) is 0 Å². The van der Waals surface area contributed by atoms with Crippen LogP contribution in [0.15, 0.2) is 12.4 Å². The highest BCUT2D eigenvalue weighted by Crippen LogP contribution is 2.30. The van der Waals surface area contributed by atoms with E-state index in [1.807, 2.05) is 38.5 Å². The number of pyridine rings is 1. The fourth-order valence-electron chi connectivity index (χ4n) is 4.24. The number of ether oxygens (including phenoxy) is 1. The summed E-state index contributed by atoms with van der Waals surface area (Å²) in [5.41, 5.74) is 10.3. The van der Waals surface area contributed by atoms with E-state index in [9.17, 15) is 9.90 Å². The molecule has 0 radical (unpaired) electrons. The minimum Gasteiger partial charge on any atom is -0.496 e. The number of fused-ring (bicyclic) bond motifs is 1. The van der Waals surface area contributed by atoms with Crippen molar-refractivity contribution in [3.05, 3.63) is 39.9 Å². The Morgan fingerprint density at radius 3 is 2.71 bits per heavy atom. The van der Waals surface area contributed by atoms with Crippen molar-refractivity contribution in [1.29, 1.82) is 0 Å². The Hall–Kier alpha value is -2.91. The van der Waals surface area contributed by atoms with Crippen LogP contribution in [0.25, 0.3) is 11.0 Å². The van der Waals surface area contributed by atoms with E-state index in [4.69, 9.17) is 22.1 Å². The molecule has 10 heteroatoms. The van der Waals surface area contributed by atoms with E-state index in [0.717, 1.165) is 39.9 Å². The predicted octanol–water partition coefficient (Wildman–Crippen LogP) is 3.76. The summed E-state index contributed by atoms with van der Waals surface area (Å²) in [6, 6.07) is -0.557. The highest BCUT2D eigenvalue weighted by atomic mass is 35.5. The van der Waals surface area contributed by atoms with Gasteiger partial charge < -0.3 is 25.5 Å². The van der Waals surface area contributed by atoms with Gasteiger partial charge in [-0.1, -0.05) is 25.4 Å². The number of hydrogen-bond donors (Lipinski definition) is 3. The number of anilines is 1. The summed E-state index contributed by atoms with van der Waals surface area (Å²) in [7, 11) is 1.65. The first-order valence-electron chi connectivity index (χ1n) is 11.4. The Balaban J connectivity index is 1.85. The number of nitrogens with zero attached hydrogens (tertiary/aromatic N) is 4. The highest BCUT2D eigenvalue weighted by molar-refractivity contribution is 6.34. The van der Waals surface area contributed by atoms with Gasteiger partial charge in [-0.2, -0.15) is 4.98 Å². The number of hydrogen-bond acceptors (Lipinski definition) is 7. The number of nitrogen functional groups attached to an aromatic ring is 1. The van der Waals surface area contributed by atoms with Gasteiger partial charge in [-0.25, -0.2) is 4.98 Å². The van der Waals surface area contributed by atoms with Crippen molar-refractivity contribution in [2.45, 2.75) is 59.5 Å². The molecule has 34 heavy (non-hydrogen) atoms. The average molecular weight is 489 g/mol. The van der Waals surface area contributed by atoms with Crippen molar-refractivity contribution in [1.82, 2.24) is 24.8 Å². The molecule has 0 saturated heterocycles. The Labute approximate surface area is 204 Å². The molecule has 0 aliphatic heterocycles. The zero-order chi connectivity index (χ0) is 25.0. The quantitative estimate of drug-likeness (QED) is 0.275. The van der Waals surface area contributed by atoms with E-state index in [0.29, 0.717) is 42.6 Å². The summed E-state index contributed by atoms with van der Waals surface area (Å²) in [6.07, 6.45) is 5.80. The zero-order valence-corrected chi connectivity index (χ0v) is 21.1. The van der Waals surface area contributed by atoms with E-state index in [1.54, 1.807) is 13.3 Å². The van der Waals surface area contributed by atoms with E-state index >= 15 is 0 Å². The topological polar surface area (TPSA) is 128 Å². The van der Waals surface area contributed by atoms with Crippen molar-refractivity contribution >= 4 is 34.6 Å². The fourth-order valence-corrected chi connectivity index (χ4v) is 4.53. The van der Waals surface area contributed by atoms with Crippen LogP contribution in [0.2, 0.25) is 5.15 Å². The summed E-state index contributed by atoms with van der Waals surface area (Å²) in [5.74, 6) is 0.391. The molecule has 4 N–H and O–H groups in total. The Morgan fingerprint density at radius 1 is 1.32 bits per heavy atom. The Kier molecular flexibility index (Phi) is 8.33. The predicted molar refractivity (Wildman–Crippen MR) is 134 cm³/mol. The summed E-state index contributed by atoms with van der Waals surface area (Å²) in [6.45, 7) is 9.02. The van der Waals surface area contributed by atoms with Crippen LogP contribution in [0.3, 0.4) is 0 Å². The molecule has 3 aromatic rings. The highest BCUT2D eigenvalue weighted by Gasteiger charge is 2.20. The van der Waals surface area contributed by atoms with Crippen molar-refractivity contribution in [3.63, 3.8) is 0 Å². The number of aryl methyl sites for hydroxylation is 2. The number of carboxylic acids is 1. The third-order valence-electron chi connectivity index (χ3n) is 5.86. The van der Waals surface area contributed by atoms with E-state index in [1.165, 1.54) is 0 Å². The van der Waals surface area contributed by atoms with Gasteiger partial charge in [-0.05, 0) is 51.1 Å². The van der Waals surface area contributed by atoms with E-state index in [-0.39, 0.29) is 5.95 Å². The number of halogens is 1. The first-order valence-corrected chi connectivity index (χ1v) is 11.8. The fraction of sp³-hybridized carbons (Fsp3) is 0.500. The average Bonchev–Trinajstić information content (AvgIpc) is 3.09. The standard InChI is InChI=1S/C24H33ClN6O3/c1-13(2)9-17(23(32)33)27-8-6-7-16-11-31(22-19(16)21(25)29-24(26)30-22)12-18-15(4)20(34-5)14(3)10-28-18/h10-11,13,17,27H,6-9,12H2,1-5H3,(H,32,33)(H2,26,29,30)/t17-/m0/s1. The van der Waals surface area contributed by atoms with Crippen LogP contribution < -0.4 is 15.8 Å². The molecule has 0 aromatic carbocycles. The van der Waals surface area contributed by atoms with Crippen LogP contribution in [0, 0.1) is 19.8 Å². The summed E-state index contributed by atoms with van der Waals surface area (Å²) in [5, 5.41) is 13.6. The van der Waals surface area contributed by atoms with E-state index in [2.05, 4.69) is 20.3 Å². The molecular formula is C24H33ClN6O3. The van der Waals surface area contributed by atoms with Gasteiger partial charge in [-0.15, -0.1) is 0 Å². The van der Waals surface area contributed by atoms with Crippen LogP contribution in [-0.4, -0.2) is 50.3 Å². The molecule has 0 fully saturated rings. The maximum Gasteiger partial charge on any atom is 0.320 e. The number of aliphatic carboxylic acids is 1. The second kappa shape index (κ2) is 11.0. The molecule has 0 aliphatic carbocycles. The maximum atomic E-state index is 11.5. The van der Waals surface area contributed by atoms with Crippen molar-refractivity contribution in [2.75, 3.05) is 19.4 Å². The molecule has 0 saturated carbocycles.